The molecule has 3 heterocycles. The molecular formula is C14H22ClF2N5O3S. The van der Waals surface area contributed by atoms with Crippen molar-refractivity contribution in [3.8, 4) is 0 Å². The van der Waals surface area contributed by atoms with E-state index in [0.717, 1.165) is 0 Å². The van der Waals surface area contributed by atoms with E-state index in [1.54, 1.807) is 18.5 Å². The molecule has 2 saturated heterocycles. The van der Waals surface area contributed by atoms with E-state index < -0.39 is 40.9 Å². The summed E-state index contributed by atoms with van der Waals surface area (Å²) in [6.45, 7) is 1.79. The number of amides is 1. The molecule has 2 fully saturated rings. The fourth-order valence-electron chi connectivity index (χ4n) is 3.04. The van der Waals surface area contributed by atoms with E-state index in [2.05, 4.69) is 10.3 Å². The van der Waals surface area contributed by atoms with Gasteiger partial charge in [-0.1, -0.05) is 0 Å². The first-order chi connectivity index (χ1) is 11.6. The predicted molar refractivity (Wildman–Crippen MR) is 91.9 cm³/mol. The van der Waals surface area contributed by atoms with Crippen LogP contribution in [0.1, 0.15) is 12.2 Å². The molecule has 1 unspecified atom stereocenters. The smallest absolute Gasteiger partial charge is 0.262 e. The Bertz CT molecular complexity index is 758. The van der Waals surface area contributed by atoms with Gasteiger partial charge in [0.15, 0.2) is 5.03 Å². The van der Waals surface area contributed by atoms with Crippen LogP contribution in [0, 0.1) is 6.92 Å². The summed E-state index contributed by atoms with van der Waals surface area (Å²) in [5.41, 5.74) is 0. The quantitative estimate of drug-likeness (QED) is 0.752. The molecule has 8 nitrogen and oxygen atoms in total. The van der Waals surface area contributed by atoms with Crippen LogP contribution in [0.3, 0.4) is 0 Å². The van der Waals surface area contributed by atoms with Gasteiger partial charge in [0.25, 0.3) is 15.9 Å². The van der Waals surface area contributed by atoms with Crippen LogP contribution in [0.5, 0.6) is 0 Å². The topological polar surface area (TPSA) is 87.5 Å². The Morgan fingerprint density at radius 1 is 1.31 bits per heavy atom. The van der Waals surface area contributed by atoms with Crippen molar-refractivity contribution in [2.75, 3.05) is 32.7 Å². The third-order valence-electron chi connectivity index (χ3n) is 4.65. The van der Waals surface area contributed by atoms with Crippen molar-refractivity contribution in [2.24, 2.45) is 7.05 Å². The fourth-order valence-corrected chi connectivity index (χ4v) is 4.49. The molecule has 0 aliphatic carbocycles. The number of alkyl halides is 2. The zero-order valence-corrected chi connectivity index (χ0v) is 16.1. The summed E-state index contributed by atoms with van der Waals surface area (Å²) in [6.07, 6.45) is 0.935. The summed E-state index contributed by atoms with van der Waals surface area (Å²) in [5.74, 6) is -2.69. The van der Waals surface area contributed by atoms with E-state index in [9.17, 15) is 22.0 Å². The lowest BCUT2D eigenvalue weighted by molar-refractivity contribution is -0.134. The molecule has 0 saturated carbocycles. The lowest BCUT2D eigenvalue weighted by Crippen LogP contribution is -2.54. The molecule has 1 amide bonds. The molecule has 1 N–H and O–H groups in total. The minimum absolute atomic E-state index is 0. The molecule has 2 aliphatic heterocycles. The van der Waals surface area contributed by atoms with Crippen LogP contribution in [0.15, 0.2) is 11.2 Å². The highest BCUT2D eigenvalue weighted by Crippen LogP contribution is 2.26. The number of hydrogen-bond acceptors (Lipinski definition) is 5. The van der Waals surface area contributed by atoms with Crippen LogP contribution in [0.25, 0.3) is 0 Å². The first kappa shape index (κ1) is 21.0. The van der Waals surface area contributed by atoms with Crippen molar-refractivity contribution < 1.29 is 22.0 Å². The number of nitrogens with one attached hydrogen (secondary N) is 1. The van der Waals surface area contributed by atoms with Crippen LogP contribution in [-0.4, -0.2) is 77.8 Å². The van der Waals surface area contributed by atoms with E-state index in [1.807, 2.05) is 0 Å². The normalized spacial score (nSPS) is 23.7. The molecule has 1 aromatic rings. The lowest BCUT2D eigenvalue weighted by atomic mass is 10.1. The molecule has 2 aliphatic rings. The number of imidazole rings is 1. The van der Waals surface area contributed by atoms with Gasteiger partial charge >= 0.3 is 0 Å². The Labute approximate surface area is 157 Å². The number of rotatable bonds is 3. The summed E-state index contributed by atoms with van der Waals surface area (Å²) in [5, 5.41) is 2.51. The molecule has 0 aromatic carbocycles. The first-order valence-corrected chi connectivity index (χ1v) is 9.44. The summed E-state index contributed by atoms with van der Waals surface area (Å²) >= 11 is 0. The largest absolute Gasteiger partial charge is 0.339 e. The summed E-state index contributed by atoms with van der Waals surface area (Å²) in [4.78, 5) is 17.8. The van der Waals surface area contributed by atoms with E-state index in [1.165, 1.54) is 15.4 Å². The highest BCUT2D eigenvalue weighted by atomic mass is 35.5. The Morgan fingerprint density at radius 2 is 1.92 bits per heavy atom. The van der Waals surface area contributed by atoms with Gasteiger partial charge in [-0.3, -0.25) is 10.1 Å². The van der Waals surface area contributed by atoms with Gasteiger partial charge in [0.05, 0.1) is 12.6 Å². The number of piperazine rings is 1. The fraction of sp³-hybridized carbons (Fsp3) is 0.714. The van der Waals surface area contributed by atoms with Gasteiger partial charge in [0.2, 0.25) is 5.91 Å². The predicted octanol–water partition coefficient (Wildman–Crippen LogP) is -0.0196. The Balaban J connectivity index is 0.00000243. The van der Waals surface area contributed by atoms with Gasteiger partial charge in [-0.15, -0.1) is 12.4 Å². The molecule has 0 spiro atoms. The van der Waals surface area contributed by atoms with Crippen molar-refractivity contribution in [3.63, 3.8) is 0 Å². The van der Waals surface area contributed by atoms with Crippen molar-refractivity contribution in [1.29, 1.82) is 0 Å². The minimum atomic E-state index is -3.72. The third kappa shape index (κ3) is 4.00. The van der Waals surface area contributed by atoms with Crippen molar-refractivity contribution in [3.05, 3.63) is 12.0 Å². The van der Waals surface area contributed by atoms with Crippen LogP contribution in [0.2, 0.25) is 0 Å². The second-order valence-electron chi connectivity index (χ2n) is 6.46. The number of nitrogens with zero attached hydrogens (tertiary/aromatic N) is 4. The Morgan fingerprint density at radius 3 is 2.38 bits per heavy atom. The van der Waals surface area contributed by atoms with Crippen molar-refractivity contribution in [2.45, 2.75) is 30.3 Å². The Hall–Kier alpha value is -1.30. The Kier molecular flexibility index (Phi) is 5.96. The zero-order valence-electron chi connectivity index (χ0n) is 14.5. The van der Waals surface area contributed by atoms with E-state index in [-0.39, 0.29) is 43.6 Å². The molecule has 1 aromatic heterocycles. The maximum Gasteiger partial charge on any atom is 0.262 e. The van der Waals surface area contributed by atoms with Crippen LogP contribution in [-0.2, 0) is 21.9 Å². The number of hydrogen-bond donors (Lipinski definition) is 1. The molecule has 3 rings (SSSR count). The number of sulfonamides is 1. The van der Waals surface area contributed by atoms with Gasteiger partial charge in [0, 0.05) is 45.8 Å². The molecule has 148 valence electrons. The summed E-state index contributed by atoms with van der Waals surface area (Å²) in [7, 11) is -2.01. The molecule has 12 heteroatoms. The second-order valence-corrected chi connectivity index (χ2v) is 8.34. The van der Waals surface area contributed by atoms with E-state index in [4.69, 9.17) is 0 Å². The standard InChI is InChI=1S/C14H21F2N5O3S.ClH/c1-10-18-12(8-19(10)2)25(23,24)21-5-3-20(4-6-21)13(22)11-7-14(15,16)9-17-11;/h8,11,17H,3-7,9H2,1-2H3;1H. The molecule has 0 radical (unpaired) electrons. The maximum absolute atomic E-state index is 13.2. The number of aryl methyl sites for hydroxylation is 2. The van der Waals surface area contributed by atoms with Crippen molar-refractivity contribution in [1.82, 2.24) is 24.1 Å². The van der Waals surface area contributed by atoms with Gasteiger partial charge in [0.1, 0.15) is 5.82 Å². The number of carbonyl (C=O) groups excluding carboxylic acids is 1. The first-order valence-electron chi connectivity index (χ1n) is 8.00. The van der Waals surface area contributed by atoms with Gasteiger partial charge in [-0.05, 0) is 6.92 Å². The van der Waals surface area contributed by atoms with Gasteiger partial charge in [-0.25, -0.2) is 22.2 Å². The SMILES string of the molecule is Cc1nc(S(=O)(=O)N2CCN(C(=O)C3CC(F)(F)CN3)CC2)cn1C.Cl. The molecular weight excluding hydrogens is 392 g/mol. The molecule has 1 atom stereocenters. The average molecular weight is 414 g/mol. The summed E-state index contributed by atoms with van der Waals surface area (Å²) < 4.78 is 54.6. The number of halogens is 3. The summed E-state index contributed by atoms with van der Waals surface area (Å²) in [6, 6.07) is -0.906. The van der Waals surface area contributed by atoms with Crippen LogP contribution >= 0.6 is 12.4 Å². The highest BCUT2D eigenvalue weighted by molar-refractivity contribution is 7.89. The second kappa shape index (κ2) is 7.37. The highest BCUT2D eigenvalue weighted by Gasteiger charge is 2.44. The molecule has 26 heavy (non-hydrogen) atoms. The van der Waals surface area contributed by atoms with Crippen LogP contribution in [0.4, 0.5) is 8.78 Å². The van der Waals surface area contributed by atoms with Gasteiger partial charge in [-0.2, -0.15) is 4.31 Å². The zero-order chi connectivity index (χ0) is 18.4. The minimum Gasteiger partial charge on any atom is -0.339 e. The van der Waals surface area contributed by atoms with Crippen LogP contribution < -0.4 is 5.32 Å². The van der Waals surface area contributed by atoms with Crippen molar-refractivity contribution >= 4 is 28.3 Å². The third-order valence-corrected chi connectivity index (χ3v) is 6.42. The number of aromatic nitrogens is 2. The molecule has 0 bridgehead atoms. The monoisotopic (exact) mass is 413 g/mol. The average Bonchev–Trinajstić information content (AvgIpc) is 3.09. The van der Waals surface area contributed by atoms with E-state index >= 15 is 0 Å². The lowest BCUT2D eigenvalue weighted by Gasteiger charge is -2.34. The maximum atomic E-state index is 13.2. The van der Waals surface area contributed by atoms with Gasteiger partial charge < -0.3 is 9.47 Å². The van der Waals surface area contributed by atoms with E-state index in [0.29, 0.717) is 5.82 Å². The number of carbonyl (C=O) groups is 1.